The highest BCUT2D eigenvalue weighted by molar-refractivity contribution is 7.92. The van der Waals surface area contributed by atoms with E-state index in [0.717, 1.165) is 11.3 Å². The van der Waals surface area contributed by atoms with Crippen LogP contribution in [-0.4, -0.2) is 61.9 Å². The zero-order chi connectivity index (χ0) is 18.2. The molecule has 1 N–H and O–H groups in total. The lowest BCUT2D eigenvalue weighted by Crippen LogP contribution is -2.50. The number of aryl methyl sites for hydroxylation is 1. The number of rotatable bonds is 3. The molecular weight excluding hydrogens is 380 g/mol. The van der Waals surface area contributed by atoms with Gasteiger partial charge in [0.2, 0.25) is 0 Å². The van der Waals surface area contributed by atoms with E-state index in [1.54, 1.807) is 0 Å². The van der Waals surface area contributed by atoms with Crippen molar-refractivity contribution in [3.8, 4) is 0 Å². The molecule has 2 aliphatic heterocycles. The van der Waals surface area contributed by atoms with E-state index >= 15 is 0 Å². The number of hydrogen-bond acceptors (Lipinski definition) is 5. The van der Waals surface area contributed by atoms with Crippen molar-refractivity contribution < 1.29 is 16.8 Å². The van der Waals surface area contributed by atoms with E-state index < -0.39 is 19.7 Å². The first-order chi connectivity index (χ1) is 11.7. The summed E-state index contributed by atoms with van der Waals surface area (Å²) in [5, 5.41) is 3.54. The van der Waals surface area contributed by atoms with Crippen molar-refractivity contribution in [2.24, 2.45) is 0 Å². The molecule has 1 aromatic carbocycles. The maximum Gasteiger partial charge on any atom is 0.173 e. The van der Waals surface area contributed by atoms with Crippen LogP contribution in [-0.2, 0) is 19.7 Å². The highest BCUT2D eigenvalue weighted by atomic mass is 32.2. The number of hydrogen-bond donors (Lipinski definition) is 1. The van der Waals surface area contributed by atoms with E-state index in [4.69, 9.17) is 12.2 Å². The van der Waals surface area contributed by atoms with Crippen LogP contribution in [0.4, 0.5) is 5.69 Å². The van der Waals surface area contributed by atoms with Crippen molar-refractivity contribution in [3.63, 3.8) is 0 Å². The monoisotopic (exact) mass is 402 g/mol. The molecule has 2 atom stereocenters. The Hall–Kier alpha value is -1.19. The standard InChI is InChI=1S/C16H22N2O4S3/c1-12-2-4-13(5-3-12)17-16(23)18(14-6-8-24(19,20)10-14)15-7-9-25(21,22)11-15/h2-5,14-15H,6-11H2,1H3,(H,17,23)/t14-,15-/m0/s1. The van der Waals surface area contributed by atoms with E-state index in [1.807, 2.05) is 36.1 Å². The Morgan fingerprint density at radius 3 is 1.88 bits per heavy atom. The Morgan fingerprint density at radius 2 is 1.48 bits per heavy atom. The Bertz CT molecular complexity index is 819. The summed E-state index contributed by atoms with van der Waals surface area (Å²) in [7, 11) is -6.18. The molecule has 3 rings (SSSR count). The van der Waals surface area contributed by atoms with Gasteiger partial charge in [0.15, 0.2) is 24.8 Å². The molecule has 6 nitrogen and oxygen atoms in total. The molecule has 2 fully saturated rings. The summed E-state index contributed by atoms with van der Waals surface area (Å²) >= 11 is 5.54. The van der Waals surface area contributed by atoms with Gasteiger partial charge in [0.05, 0.1) is 23.0 Å². The van der Waals surface area contributed by atoms with Gasteiger partial charge in [-0.2, -0.15) is 0 Å². The van der Waals surface area contributed by atoms with Gasteiger partial charge in [0.25, 0.3) is 0 Å². The van der Waals surface area contributed by atoms with Crippen molar-refractivity contribution in [2.75, 3.05) is 28.3 Å². The SMILES string of the molecule is Cc1ccc(NC(=S)N([C@H]2CCS(=O)(=O)C2)[C@H]2CCS(=O)(=O)C2)cc1. The van der Waals surface area contributed by atoms with Gasteiger partial charge in [0, 0.05) is 17.8 Å². The number of benzene rings is 1. The second kappa shape index (κ2) is 6.85. The maximum atomic E-state index is 11.9. The first-order valence-corrected chi connectivity index (χ1v) is 12.3. The lowest BCUT2D eigenvalue weighted by atomic mass is 10.1. The summed E-state index contributed by atoms with van der Waals surface area (Å²) in [4.78, 5) is 1.82. The molecule has 2 saturated heterocycles. The van der Waals surface area contributed by atoms with Crippen molar-refractivity contribution in [3.05, 3.63) is 29.8 Å². The van der Waals surface area contributed by atoms with Crippen LogP contribution in [0.1, 0.15) is 18.4 Å². The summed E-state index contributed by atoms with van der Waals surface area (Å²) in [5.74, 6) is 0.306. The Balaban J connectivity index is 1.82. The molecule has 0 aromatic heterocycles. The molecule has 138 valence electrons. The number of nitrogens with one attached hydrogen (secondary N) is 1. The van der Waals surface area contributed by atoms with Crippen molar-refractivity contribution in [2.45, 2.75) is 31.8 Å². The topological polar surface area (TPSA) is 83.6 Å². The van der Waals surface area contributed by atoms with Gasteiger partial charge in [-0.3, -0.25) is 0 Å². The summed E-state index contributed by atoms with van der Waals surface area (Å²) in [6.07, 6.45) is 0.962. The molecule has 2 aliphatic rings. The molecule has 0 bridgehead atoms. The summed E-state index contributed by atoms with van der Waals surface area (Å²) < 4.78 is 47.6. The lowest BCUT2D eigenvalue weighted by Gasteiger charge is -2.35. The quantitative estimate of drug-likeness (QED) is 0.765. The zero-order valence-electron chi connectivity index (χ0n) is 14.0. The third-order valence-electron chi connectivity index (χ3n) is 4.74. The van der Waals surface area contributed by atoms with Gasteiger partial charge in [-0.1, -0.05) is 17.7 Å². The third-order valence-corrected chi connectivity index (χ3v) is 8.55. The van der Waals surface area contributed by atoms with Crippen molar-refractivity contribution in [1.82, 2.24) is 4.90 Å². The molecule has 0 aliphatic carbocycles. The van der Waals surface area contributed by atoms with Crippen LogP contribution in [0.5, 0.6) is 0 Å². The minimum absolute atomic E-state index is 0.0270. The van der Waals surface area contributed by atoms with Crippen molar-refractivity contribution in [1.29, 1.82) is 0 Å². The largest absolute Gasteiger partial charge is 0.341 e. The predicted octanol–water partition coefficient (Wildman–Crippen LogP) is 1.37. The number of sulfone groups is 2. The van der Waals surface area contributed by atoms with Crippen LogP contribution in [0.2, 0.25) is 0 Å². The van der Waals surface area contributed by atoms with Crippen LogP contribution in [0.25, 0.3) is 0 Å². The third kappa shape index (κ3) is 4.51. The molecule has 0 saturated carbocycles. The fraction of sp³-hybridized carbons (Fsp3) is 0.562. The van der Waals surface area contributed by atoms with E-state index in [0.29, 0.717) is 18.0 Å². The molecule has 25 heavy (non-hydrogen) atoms. The van der Waals surface area contributed by atoms with E-state index in [2.05, 4.69) is 5.32 Å². The molecule has 0 unspecified atom stereocenters. The Labute approximate surface area is 154 Å². The average molecular weight is 403 g/mol. The van der Waals surface area contributed by atoms with Gasteiger partial charge in [-0.25, -0.2) is 16.8 Å². The minimum atomic E-state index is -3.09. The molecule has 0 radical (unpaired) electrons. The van der Waals surface area contributed by atoms with Gasteiger partial charge in [0.1, 0.15) is 0 Å². The second-order valence-corrected chi connectivity index (χ2v) is 11.7. The summed E-state index contributed by atoms with van der Waals surface area (Å²) in [6, 6.07) is 7.17. The second-order valence-electron chi connectivity index (χ2n) is 6.82. The fourth-order valence-electron chi connectivity index (χ4n) is 3.44. The van der Waals surface area contributed by atoms with E-state index in [1.165, 1.54) is 0 Å². The molecule has 9 heteroatoms. The van der Waals surface area contributed by atoms with Gasteiger partial charge in [-0.15, -0.1) is 0 Å². The van der Waals surface area contributed by atoms with Crippen molar-refractivity contribution >= 4 is 42.7 Å². The molecule has 0 amide bonds. The van der Waals surface area contributed by atoms with Crippen LogP contribution in [0.15, 0.2) is 24.3 Å². The van der Waals surface area contributed by atoms with E-state index in [-0.39, 0.29) is 35.1 Å². The predicted molar refractivity (Wildman–Crippen MR) is 103 cm³/mol. The van der Waals surface area contributed by atoms with Gasteiger partial charge in [-0.05, 0) is 44.1 Å². The first-order valence-electron chi connectivity index (χ1n) is 8.22. The minimum Gasteiger partial charge on any atom is -0.341 e. The Kier molecular flexibility index (Phi) is 5.09. The van der Waals surface area contributed by atoms with E-state index in [9.17, 15) is 16.8 Å². The number of anilines is 1. The number of thiocarbonyl (C=S) groups is 1. The van der Waals surface area contributed by atoms with Gasteiger partial charge >= 0.3 is 0 Å². The first kappa shape index (κ1) is 18.6. The molecule has 2 heterocycles. The highest BCUT2D eigenvalue weighted by Gasteiger charge is 2.41. The highest BCUT2D eigenvalue weighted by Crippen LogP contribution is 2.27. The van der Waals surface area contributed by atoms with Crippen LogP contribution < -0.4 is 5.32 Å². The lowest BCUT2D eigenvalue weighted by molar-refractivity contribution is 0.273. The van der Waals surface area contributed by atoms with Crippen LogP contribution in [0, 0.1) is 6.92 Å². The Morgan fingerprint density at radius 1 is 1.00 bits per heavy atom. The molecule has 1 aromatic rings. The smallest absolute Gasteiger partial charge is 0.173 e. The molecule has 0 spiro atoms. The summed E-state index contributed by atoms with van der Waals surface area (Å²) in [5.41, 5.74) is 1.93. The average Bonchev–Trinajstić information content (AvgIpc) is 3.04. The summed E-state index contributed by atoms with van der Waals surface area (Å²) in [6.45, 7) is 1.99. The van der Waals surface area contributed by atoms with Crippen LogP contribution in [0.3, 0.4) is 0 Å². The normalized spacial score (nSPS) is 27.1. The molecular formula is C16H22N2O4S3. The van der Waals surface area contributed by atoms with Crippen LogP contribution >= 0.6 is 12.2 Å². The fourth-order valence-corrected chi connectivity index (χ4v) is 7.28. The number of nitrogens with zero attached hydrogens (tertiary/aromatic N) is 1. The maximum absolute atomic E-state index is 11.9. The zero-order valence-corrected chi connectivity index (χ0v) is 16.5. The van der Waals surface area contributed by atoms with Gasteiger partial charge < -0.3 is 10.2 Å².